The molecular formula is C20H21N3O. The van der Waals surface area contributed by atoms with Crippen LogP contribution in [-0.4, -0.2) is 14.4 Å². The molecule has 0 saturated carbocycles. The van der Waals surface area contributed by atoms with Gasteiger partial charge in [0.1, 0.15) is 0 Å². The van der Waals surface area contributed by atoms with Crippen LogP contribution in [0.1, 0.15) is 38.8 Å². The molecule has 0 aliphatic carbocycles. The van der Waals surface area contributed by atoms with Crippen LogP contribution in [0.15, 0.2) is 47.3 Å². The number of rotatable bonds is 2. The summed E-state index contributed by atoms with van der Waals surface area (Å²) in [5.74, 6) is 0.441. The molecule has 0 fully saturated rings. The third-order valence-corrected chi connectivity index (χ3v) is 3.74. The molecule has 0 aliphatic rings. The van der Waals surface area contributed by atoms with Gasteiger partial charge < -0.3 is 4.42 Å². The Labute approximate surface area is 148 Å². The number of nitrogens with zero attached hydrogens (tertiary/aromatic N) is 3. The summed E-state index contributed by atoms with van der Waals surface area (Å²) in [4.78, 5) is 8.53. The Hall–Kier alpha value is -2.62. The number of aryl methyl sites for hydroxylation is 1. The second kappa shape index (κ2) is 5.20. The Kier molecular flexibility index (Phi) is 2.23. The van der Waals surface area contributed by atoms with Crippen LogP contribution in [0.4, 0.5) is 0 Å². The number of oxazole rings is 1. The number of para-hydroxylation sites is 1. The first kappa shape index (κ1) is 10.3. The highest BCUT2D eigenvalue weighted by molar-refractivity contribution is 5.91. The standard InChI is InChI=1S/C20H21N3O/c1-13-12-22-16(10-14(13)11-20(2,3)4)15-6-5-7-17-18(15)24-19-21-8-9-23(17)19/h5-10,12H,11H2,1-4H3/i1D3,11D2. The van der Waals surface area contributed by atoms with Crippen LogP contribution in [0, 0.1) is 12.3 Å². The van der Waals surface area contributed by atoms with E-state index in [1.807, 2.05) is 22.6 Å². The van der Waals surface area contributed by atoms with Crippen LogP contribution in [0.3, 0.4) is 0 Å². The second-order valence-corrected chi connectivity index (χ2v) is 6.83. The van der Waals surface area contributed by atoms with Crippen LogP contribution in [0.2, 0.25) is 0 Å². The lowest BCUT2D eigenvalue weighted by molar-refractivity contribution is 0.410. The zero-order valence-electron chi connectivity index (χ0n) is 18.8. The van der Waals surface area contributed by atoms with E-state index in [1.54, 1.807) is 33.2 Å². The zero-order valence-corrected chi connectivity index (χ0v) is 13.8. The lowest BCUT2D eigenvalue weighted by Crippen LogP contribution is -2.10. The summed E-state index contributed by atoms with van der Waals surface area (Å²) >= 11 is 0. The molecule has 0 radical (unpaired) electrons. The molecule has 0 aliphatic heterocycles. The number of aromatic nitrogens is 3. The topological polar surface area (TPSA) is 43.3 Å². The van der Waals surface area contributed by atoms with Crippen molar-refractivity contribution in [1.82, 2.24) is 14.4 Å². The van der Waals surface area contributed by atoms with Gasteiger partial charge in [-0.3, -0.25) is 9.38 Å². The van der Waals surface area contributed by atoms with E-state index in [9.17, 15) is 0 Å². The fraction of sp³-hybridized carbons (Fsp3) is 0.300. The second-order valence-electron chi connectivity index (χ2n) is 6.83. The summed E-state index contributed by atoms with van der Waals surface area (Å²) in [7, 11) is 0. The van der Waals surface area contributed by atoms with Gasteiger partial charge in [0.15, 0.2) is 5.58 Å². The van der Waals surface area contributed by atoms with Crippen molar-refractivity contribution in [3.8, 4) is 11.3 Å². The minimum absolute atomic E-state index is 0.0809. The predicted octanol–water partition coefficient (Wildman–Crippen LogP) is 5.04. The molecule has 1 aromatic carbocycles. The van der Waals surface area contributed by atoms with Gasteiger partial charge >= 0.3 is 5.84 Å². The highest BCUT2D eigenvalue weighted by Crippen LogP contribution is 2.32. The van der Waals surface area contributed by atoms with Crippen molar-refractivity contribution in [2.24, 2.45) is 5.41 Å². The van der Waals surface area contributed by atoms with Crippen molar-refractivity contribution in [2.75, 3.05) is 0 Å². The monoisotopic (exact) mass is 324 g/mol. The minimum Gasteiger partial charge on any atom is -0.422 e. The van der Waals surface area contributed by atoms with Gasteiger partial charge in [0.2, 0.25) is 0 Å². The van der Waals surface area contributed by atoms with Gasteiger partial charge in [-0.2, -0.15) is 0 Å². The minimum atomic E-state index is -2.48. The van der Waals surface area contributed by atoms with Crippen LogP contribution < -0.4 is 0 Å². The summed E-state index contributed by atoms with van der Waals surface area (Å²) in [5, 5.41) is 0. The van der Waals surface area contributed by atoms with E-state index in [-0.39, 0.29) is 11.1 Å². The smallest absolute Gasteiger partial charge is 0.306 e. The molecule has 122 valence electrons. The number of pyridine rings is 1. The maximum absolute atomic E-state index is 8.68. The molecule has 4 heteroatoms. The molecule has 0 unspecified atom stereocenters. The molecule has 4 nitrogen and oxygen atoms in total. The summed E-state index contributed by atoms with van der Waals surface area (Å²) in [6.07, 6.45) is 2.80. The predicted molar refractivity (Wildman–Crippen MR) is 96.1 cm³/mol. The molecule has 0 amide bonds. The van der Waals surface area contributed by atoms with Gasteiger partial charge in [0.05, 0.1) is 11.2 Å². The van der Waals surface area contributed by atoms with E-state index < -0.39 is 18.6 Å². The van der Waals surface area contributed by atoms with Gasteiger partial charge in [-0.25, -0.2) is 4.98 Å². The molecule has 3 heterocycles. The van der Waals surface area contributed by atoms with Crippen molar-refractivity contribution in [1.29, 1.82) is 0 Å². The highest BCUT2D eigenvalue weighted by Gasteiger charge is 2.17. The van der Waals surface area contributed by atoms with Crippen molar-refractivity contribution >= 4 is 16.9 Å². The number of fused-ring (bicyclic) bond motifs is 3. The molecule has 0 bridgehead atoms. The lowest BCUT2D eigenvalue weighted by atomic mass is 9.86. The van der Waals surface area contributed by atoms with E-state index in [1.165, 1.54) is 12.3 Å². The third kappa shape index (κ3) is 2.48. The molecule has 24 heavy (non-hydrogen) atoms. The van der Waals surface area contributed by atoms with Crippen LogP contribution in [0.5, 0.6) is 0 Å². The normalized spacial score (nSPS) is 16.5. The van der Waals surface area contributed by atoms with Crippen LogP contribution >= 0.6 is 0 Å². The highest BCUT2D eigenvalue weighted by atomic mass is 16.4. The molecule has 0 N–H and O–H groups in total. The van der Waals surface area contributed by atoms with Crippen molar-refractivity contribution in [2.45, 2.75) is 34.0 Å². The Morgan fingerprint density at radius 3 is 2.96 bits per heavy atom. The third-order valence-electron chi connectivity index (χ3n) is 3.74. The number of benzene rings is 1. The molecule has 4 aromatic rings. The molecule has 4 rings (SSSR count). The van der Waals surface area contributed by atoms with Gasteiger partial charge in [0, 0.05) is 31.0 Å². The van der Waals surface area contributed by atoms with Gasteiger partial charge in [-0.1, -0.05) is 26.8 Å². The Morgan fingerprint density at radius 2 is 2.17 bits per heavy atom. The van der Waals surface area contributed by atoms with Crippen molar-refractivity contribution in [3.63, 3.8) is 0 Å². The van der Waals surface area contributed by atoms with Crippen LogP contribution in [-0.2, 0) is 6.37 Å². The first-order valence-corrected chi connectivity index (χ1v) is 7.77. The summed E-state index contributed by atoms with van der Waals surface area (Å²) < 4.78 is 48.6. The number of hydrogen-bond acceptors (Lipinski definition) is 3. The summed E-state index contributed by atoms with van der Waals surface area (Å²) in [6, 6.07) is 7.10. The zero-order chi connectivity index (χ0) is 21.2. The quantitative estimate of drug-likeness (QED) is 0.519. The van der Waals surface area contributed by atoms with E-state index in [2.05, 4.69) is 9.97 Å². The largest absolute Gasteiger partial charge is 0.422 e. The summed E-state index contributed by atoms with van der Waals surface area (Å²) in [6.45, 7) is 2.77. The maximum atomic E-state index is 8.68. The van der Waals surface area contributed by atoms with E-state index >= 15 is 0 Å². The molecule has 3 aromatic heterocycles. The summed E-state index contributed by atoms with van der Waals surface area (Å²) in [5.41, 5.74) is 1.68. The Balaban J connectivity index is 1.99. The van der Waals surface area contributed by atoms with E-state index in [0.29, 0.717) is 22.7 Å². The SMILES string of the molecule is [2H]C([2H])([2H])c1cnc(-c2cccc3c2oc2nccn23)cc1C([2H])([2H])C(C)(C)C. The average Bonchev–Trinajstić information content (AvgIpc) is 3.20. The van der Waals surface area contributed by atoms with Gasteiger partial charge in [-0.15, -0.1) is 0 Å². The Bertz CT molecular complexity index is 1210. The van der Waals surface area contributed by atoms with E-state index in [4.69, 9.17) is 11.3 Å². The number of hydrogen-bond donors (Lipinski definition) is 0. The van der Waals surface area contributed by atoms with Crippen molar-refractivity contribution in [3.05, 3.63) is 54.0 Å². The number of imidazole rings is 1. The molecule has 0 atom stereocenters. The molecule has 0 saturated heterocycles. The fourth-order valence-electron chi connectivity index (χ4n) is 2.77. The molecular weight excluding hydrogens is 298 g/mol. The van der Waals surface area contributed by atoms with Crippen LogP contribution in [0.25, 0.3) is 28.2 Å². The lowest BCUT2D eigenvalue weighted by Gasteiger charge is -2.20. The first-order valence-electron chi connectivity index (χ1n) is 10.3. The van der Waals surface area contributed by atoms with Gasteiger partial charge in [0.25, 0.3) is 0 Å². The average molecular weight is 324 g/mol. The fourth-order valence-corrected chi connectivity index (χ4v) is 2.77. The van der Waals surface area contributed by atoms with Crippen molar-refractivity contribution < 1.29 is 11.3 Å². The molecule has 0 spiro atoms. The van der Waals surface area contributed by atoms with E-state index in [0.717, 1.165) is 5.52 Å². The maximum Gasteiger partial charge on any atom is 0.306 e. The van der Waals surface area contributed by atoms with Gasteiger partial charge in [-0.05, 0) is 48.0 Å². The first-order chi connectivity index (χ1) is 13.4. The Morgan fingerprint density at radius 1 is 1.29 bits per heavy atom.